The molecule has 0 aliphatic rings. The average Bonchev–Trinajstić information content (AvgIpc) is 3.07. The van der Waals surface area contributed by atoms with E-state index in [4.69, 9.17) is 4.74 Å². The van der Waals surface area contributed by atoms with Crippen LogP contribution in [0, 0.1) is 5.82 Å². The number of ether oxygens (including phenoxy) is 1. The van der Waals surface area contributed by atoms with Gasteiger partial charge in [0.15, 0.2) is 4.80 Å². The number of hydrogen-bond acceptors (Lipinski definition) is 5. The zero-order chi connectivity index (χ0) is 22.9. The molecule has 1 amide bonds. The molecular formula is C22H18FN3O4S2. The molecule has 4 aromatic rings. The second kappa shape index (κ2) is 8.56. The summed E-state index contributed by atoms with van der Waals surface area (Å²) >= 11 is 1.19. The van der Waals surface area contributed by atoms with Gasteiger partial charge in [-0.25, -0.2) is 12.8 Å². The fourth-order valence-corrected chi connectivity index (χ4v) is 5.14. The number of fused-ring (bicyclic) bond motifs is 1. The van der Waals surface area contributed by atoms with Gasteiger partial charge in [-0.3, -0.25) is 9.52 Å². The minimum atomic E-state index is -3.85. The van der Waals surface area contributed by atoms with Crippen LogP contribution in [0.25, 0.3) is 10.2 Å². The van der Waals surface area contributed by atoms with Crippen LogP contribution in [-0.2, 0) is 17.1 Å². The first-order valence-electron chi connectivity index (χ1n) is 9.38. The number of methoxy groups -OCH3 is 1. The van der Waals surface area contributed by atoms with E-state index >= 15 is 0 Å². The maximum Gasteiger partial charge on any atom is 0.279 e. The normalized spacial score (nSPS) is 12.2. The third kappa shape index (κ3) is 4.41. The van der Waals surface area contributed by atoms with Gasteiger partial charge in [0, 0.05) is 18.3 Å². The smallest absolute Gasteiger partial charge is 0.279 e. The van der Waals surface area contributed by atoms with Crippen LogP contribution < -0.4 is 14.3 Å². The van der Waals surface area contributed by atoms with E-state index in [2.05, 4.69) is 9.71 Å². The zero-order valence-corrected chi connectivity index (χ0v) is 18.7. The monoisotopic (exact) mass is 471 g/mol. The molecule has 7 nitrogen and oxygen atoms in total. The fraction of sp³-hybridized carbons (Fsp3) is 0.0909. The van der Waals surface area contributed by atoms with Crippen molar-refractivity contribution in [3.63, 3.8) is 0 Å². The number of carbonyl (C=O) groups is 1. The molecule has 0 unspecified atom stereocenters. The number of rotatable bonds is 5. The summed E-state index contributed by atoms with van der Waals surface area (Å²) in [4.78, 5) is 17.3. The van der Waals surface area contributed by atoms with Crippen molar-refractivity contribution in [2.45, 2.75) is 4.90 Å². The van der Waals surface area contributed by atoms with Crippen LogP contribution in [0.3, 0.4) is 0 Å². The van der Waals surface area contributed by atoms with E-state index in [1.807, 2.05) is 0 Å². The number of thiazole rings is 1. The van der Waals surface area contributed by atoms with E-state index in [9.17, 15) is 17.6 Å². The van der Waals surface area contributed by atoms with E-state index in [0.717, 1.165) is 5.52 Å². The molecular weight excluding hydrogens is 453 g/mol. The molecule has 1 heterocycles. The van der Waals surface area contributed by atoms with Crippen molar-refractivity contribution in [2.24, 2.45) is 12.0 Å². The Morgan fingerprint density at radius 2 is 1.84 bits per heavy atom. The van der Waals surface area contributed by atoms with E-state index in [-0.39, 0.29) is 22.0 Å². The molecule has 1 aromatic heterocycles. The van der Waals surface area contributed by atoms with Gasteiger partial charge in [0.1, 0.15) is 11.6 Å². The summed E-state index contributed by atoms with van der Waals surface area (Å²) in [5.74, 6) is -0.373. The lowest BCUT2D eigenvalue weighted by atomic mass is 10.2. The number of halogens is 1. The number of benzene rings is 3. The Labute approximate surface area is 187 Å². The van der Waals surface area contributed by atoms with Crippen molar-refractivity contribution < 1.29 is 22.3 Å². The summed E-state index contributed by atoms with van der Waals surface area (Å²) in [5.41, 5.74) is 1.19. The number of anilines is 1. The van der Waals surface area contributed by atoms with Gasteiger partial charge in [-0.05, 0) is 60.7 Å². The third-order valence-electron chi connectivity index (χ3n) is 4.70. The number of sulfonamides is 1. The maximum atomic E-state index is 13.5. The third-order valence-corrected chi connectivity index (χ3v) is 7.19. The molecule has 0 fully saturated rings. The van der Waals surface area contributed by atoms with Crippen LogP contribution in [-0.4, -0.2) is 26.0 Å². The Kier molecular flexibility index (Phi) is 5.81. The highest BCUT2D eigenvalue weighted by molar-refractivity contribution is 7.92. The van der Waals surface area contributed by atoms with Crippen LogP contribution in [0.15, 0.2) is 76.6 Å². The molecule has 0 aliphatic heterocycles. The number of nitrogens with one attached hydrogen (secondary N) is 1. The van der Waals surface area contributed by atoms with Gasteiger partial charge in [-0.1, -0.05) is 17.4 Å². The molecule has 0 saturated carbocycles. The van der Waals surface area contributed by atoms with Gasteiger partial charge in [0.05, 0.1) is 22.2 Å². The lowest BCUT2D eigenvalue weighted by molar-refractivity contribution is 0.0998. The standard InChI is InChI=1S/C22H18FN3O4S2/c1-26-19-11-6-15(23)13-20(19)31-22(26)24-21(27)14-4-3-5-16(12-14)25-32(28,29)18-9-7-17(30-2)8-10-18/h3-13,25H,1-2H3. The van der Waals surface area contributed by atoms with E-state index in [1.54, 1.807) is 48.0 Å². The number of nitrogens with zero attached hydrogens (tertiary/aromatic N) is 2. The Balaban J connectivity index is 1.62. The molecule has 0 spiro atoms. The van der Waals surface area contributed by atoms with Crippen LogP contribution >= 0.6 is 11.3 Å². The number of hydrogen-bond donors (Lipinski definition) is 1. The number of carbonyl (C=O) groups excluding carboxylic acids is 1. The first kappa shape index (κ1) is 21.7. The van der Waals surface area contributed by atoms with Crippen molar-refractivity contribution in [2.75, 3.05) is 11.8 Å². The first-order valence-corrected chi connectivity index (χ1v) is 11.7. The molecule has 0 radical (unpaired) electrons. The van der Waals surface area contributed by atoms with Gasteiger partial charge in [0.2, 0.25) is 0 Å². The largest absolute Gasteiger partial charge is 0.497 e. The van der Waals surface area contributed by atoms with Crippen molar-refractivity contribution in [1.29, 1.82) is 0 Å². The summed E-state index contributed by atoms with van der Waals surface area (Å²) in [6.07, 6.45) is 0. The van der Waals surface area contributed by atoms with Gasteiger partial charge >= 0.3 is 0 Å². The SMILES string of the molecule is COc1ccc(S(=O)(=O)Nc2cccc(C(=O)N=c3sc4cc(F)ccc4n3C)c2)cc1. The summed E-state index contributed by atoms with van der Waals surface area (Å²) in [6, 6.07) is 16.4. The fourth-order valence-electron chi connectivity index (χ4n) is 3.05. The highest BCUT2D eigenvalue weighted by atomic mass is 32.2. The van der Waals surface area contributed by atoms with Gasteiger partial charge in [-0.15, -0.1) is 0 Å². The van der Waals surface area contributed by atoms with Crippen LogP contribution in [0.4, 0.5) is 10.1 Å². The highest BCUT2D eigenvalue weighted by Gasteiger charge is 2.15. The molecule has 10 heteroatoms. The van der Waals surface area contributed by atoms with Crippen molar-refractivity contribution in [3.05, 3.63) is 82.9 Å². The minimum absolute atomic E-state index is 0.0595. The number of amides is 1. The average molecular weight is 472 g/mol. The predicted octanol–water partition coefficient (Wildman–Crippen LogP) is 3.93. The highest BCUT2D eigenvalue weighted by Crippen LogP contribution is 2.21. The molecule has 3 aromatic carbocycles. The predicted molar refractivity (Wildman–Crippen MR) is 121 cm³/mol. The maximum absolute atomic E-state index is 13.5. The molecule has 164 valence electrons. The van der Waals surface area contributed by atoms with Gasteiger partial charge in [-0.2, -0.15) is 4.99 Å². The Bertz CT molecular complexity index is 1490. The quantitative estimate of drug-likeness (QED) is 0.478. The number of aryl methyl sites for hydroxylation is 1. The molecule has 0 saturated heterocycles. The zero-order valence-electron chi connectivity index (χ0n) is 17.1. The van der Waals surface area contributed by atoms with Crippen molar-refractivity contribution in [1.82, 2.24) is 4.57 Å². The van der Waals surface area contributed by atoms with Gasteiger partial charge in [0.25, 0.3) is 15.9 Å². The first-order chi connectivity index (χ1) is 15.3. The summed E-state index contributed by atoms with van der Waals surface area (Å²) in [7, 11) is -0.622. The Hall–Kier alpha value is -3.50. The molecule has 0 bridgehead atoms. The van der Waals surface area contributed by atoms with Crippen LogP contribution in [0.2, 0.25) is 0 Å². The second-order valence-corrected chi connectivity index (χ2v) is 9.53. The van der Waals surface area contributed by atoms with E-state index in [0.29, 0.717) is 15.3 Å². The summed E-state index contributed by atoms with van der Waals surface area (Å²) < 4.78 is 48.7. The minimum Gasteiger partial charge on any atom is -0.497 e. The second-order valence-electron chi connectivity index (χ2n) is 6.83. The van der Waals surface area contributed by atoms with E-state index in [1.165, 1.54) is 48.8 Å². The Morgan fingerprint density at radius 3 is 2.56 bits per heavy atom. The molecule has 0 atom stereocenters. The molecule has 0 aliphatic carbocycles. The van der Waals surface area contributed by atoms with Crippen LogP contribution in [0.1, 0.15) is 10.4 Å². The Morgan fingerprint density at radius 1 is 1.09 bits per heavy atom. The lowest BCUT2D eigenvalue weighted by Crippen LogP contribution is -2.14. The number of aromatic nitrogens is 1. The van der Waals surface area contributed by atoms with Gasteiger partial charge < -0.3 is 9.30 Å². The van der Waals surface area contributed by atoms with Crippen LogP contribution in [0.5, 0.6) is 5.75 Å². The molecule has 4 rings (SSSR count). The lowest BCUT2D eigenvalue weighted by Gasteiger charge is -2.09. The molecule has 32 heavy (non-hydrogen) atoms. The summed E-state index contributed by atoms with van der Waals surface area (Å²) in [6.45, 7) is 0. The summed E-state index contributed by atoms with van der Waals surface area (Å²) in [5, 5.41) is 0. The topological polar surface area (TPSA) is 89.8 Å². The molecule has 1 N–H and O–H groups in total. The van der Waals surface area contributed by atoms with Crippen molar-refractivity contribution >= 4 is 43.2 Å². The van der Waals surface area contributed by atoms with Crippen molar-refractivity contribution in [3.8, 4) is 5.75 Å². The van der Waals surface area contributed by atoms with E-state index < -0.39 is 15.9 Å².